The first-order chi connectivity index (χ1) is 8.79. The minimum absolute atomic E-state index is 0.294. The van der Waals surface area contributed by atoms with E-state index < -0.39 is 28.8 Å². The molecule has 2 rings (SSSR count). The van der Waals surface area contributed by atoms with Crippen LogP contribution in [0.3, 0.4) is 0 Å². The number of fused-ring (bicyclic) bond motifs is 1. The molecule has 3 atom stereocenters. The van der Waals surface area contributed by atoms with Gasteiger partial charge >= 0.3 is 11.9 Å². The van der Waals surface area contributed by atoms with Crippen LogP contribution in [0.2, 0.25) is 0 Å². The van der Waals surface area contributed by atoms with Crippen molar-refractivity contribution in [2.45, 2.75) is 43.0 Å². The van der Waals surface area contributed by atoms with Crippen LogP contribution in [0.4, 0.5) is 0 Å². The smallest absolute Gasteiger partial charge is 0.337 e. The highest BCUT2D eigenvalue weighted by Gasteiger charge is 2.64. The summed E-state index contributed by atoms with van der Waals surface area (Å²) < 4.78 is 4.01. The normalized spacial score (nSPS) is 31.2. The SMILES string of the molecule is CC(=O)OC(=O)[C@@H]1N2C(=O)[C@@H](NC=O)[C@H]2SC1(C)C. The van der Waals surface area contributed by atoms with Crippen molar-refractivity contribution in [3.8, 4) is 0 Å². The highest BCUT2D eigenvalue weighted by Crippen LogP contribution is 2.50. The number of β-lactam (4-membered cyclic amide) rings is 1. The molecule has 104 valence electrons. The van der Waals surface area contributed by atoms with Gasteiger partial charge in [-0.2, -0.15) is 0 Å². The van der Waals surface area contributed by atoms with E-state index in [0.29, 0.717) is 6.41 Å². The molecule has 2 aliphatic heterocycles. The predicted molar refractivity (Wildman–Crippen MR) is 65.9 cm³/mol. The fraction of sp³-hybridized carbons (Fsp3) is 0.636. The van der Waals surface area contributed by atoms with E-state index >= 15 is 0 Å². The van der Waals surface area contributed by atoms with E-state index in [1.807, 2.05) is 0 Å². The second-order valence-electron chi connectivity index (χ2n) is 4.93. The zero-order chi connectivity index (χ0) is 14.4. The van der Waals surface area contributed by atoms with Crippen LogP contribution in [-0.2, 0) is 23.9 Å². The van der Waals surface area contributed by atoms with Gasteiger partial charge in [0.2, 0.25) is 12.3 Å². The van der Waals surface area contributed by atoms with Gasteiger partial charge < -0.3 is 15.0 Å². The number of esters is 2. The molecule has 2 amide bonds. The number of ether oxygens (including phenoxy) is 1. The topological polar surface area (TPSA) is 92.8 Å². The van der Waals surface area contributed by atoms with Gasteiger partial charge in [-0.3, -0.25) is 14.4 Å². The van der Waals surface area contributed by atoms with E-state index in [2.05, 4.69) is 10.1 Å². The average Bonchev–Trinajstić information content (AvgIpc) is 2.54. The summed E-state index contributed by atoms with van der Waals surface area (Å²) in [4.78, 5) is 46.5. The maximum Gasteiger partial charge on any atom is 0.337 e. The molecule has 2 saturated heterocycles. The Kier molecular flexibility index (Phi) is 3.29. The quantitative estimate of drug-likeness (QED) is 0.318. The van der Waals surface area contributed by atoms with Gasteiger partial charge in [-0.25, -0.2) is 4.79 Å². The Morgan fingerprint density at radius 1 is 1.47 bits per heavy atom. The Bertz CT molecular complexity index is 464. The Balaban J connectivity index is 2.20. The van der Waals surface area contributed by atoms with Crippen LogP contribution in [0.25, 0.3) is 0 Å². The summed E-state index contributed by atoms with van der Waals surface area (Å²) in [5, 5.41) is 2.14. The van der Waals surface area contributed by atoms with Crippen LogP contribution in [-0.4, -0.2) is 51.4 Å². The van der Waals surface area contributed by atoms with Gasteiger partial charge in [-0.1, -0.05) is 0 Å². The first kappa shape index (κ1) is 13.9. The third-order valence-corrected chi connectivity index (χ3v) is 4.73. The number of carbonyl (C=O) groups is 4. The molecule has 0 aromatic heterocycles. The second-order valence-corrected chi connectivity index (χ2v) is 6.71. The third-order valence-electron chi connectivity index (χ3n) is 3.16. The van der Waals surface area contributed by atoms with E-state index in [4.69, 9.17) is 0 Å². The summed E-state index contributed by atoms with van der Waals surface area (Å²) in [5.41, 5.74) is 0. The summed E-state index contributed by atoms with van der Waals surface area (Å²) in [6, 6.07) is -1.43. The lowest BCUT2D eigenvalue weighted by atomic mass is 9.96. The monoisotopic (exact) mass is 286 g/mol. The largest absolute Gasteiger partial charge is 0.392 e. The molecule has 0 spiro atoms. The molecular weight excluding hydrogens is 272 g/mol. The van der Waals surface area contributed by atoms with Crippen LogP contribution in [0, 0.1) is 0 Å². The van der Waals surface area contributed by atoms with Gasteiger partial charge in [0.1, 0.15) is 17.5 Å². The molecule has 2 fully saturated rings. The fourth-order valence-electron chi connectivity index (χ4n) is 2.42. The Labute approximate surface area is 114 Å². The van der Waals surface area contributed by atoms with Crippen molar-refractivity contribution >= 4 is 36.0 Å². The van der Waals surface area contributed by atoms with Crippen molar-refractivity contribution in [2.24, 2.45) is 0 Å². The number of nitrogens with one attached hydrogen (secondary N) is 1. The van der Waals surface area contributed by atoms with Crippen LogP contribution < -0.4 is 5.32 Å². The zero-order valence-corrected chi connectivity index (χ0v) is 11.5. The summed E-state index contributed by atoms with van der Waals surface area (Å²) in [7, 11) is 0. The second kappa shape index (κ2) is 4.52. The first-order valence-corrected chi connectivity index (χ1v) is 6.59. The molecule has 0 aromatic rings. The number of thioether (sulfide) groups is 1. The van der Waals surface area contributed by atoms with Gasteiger partial charge in [-0.05, 0) is 13.8 Å². The van der Waals surface area contributed by atoms with E-state index in [0.717, 1.165) is 6.92 Å². The number of rotatable bonds is 3. The van der Waals surface area contributed by atoms with Crippen molar-refractivity contribution in [2.75, 3.05) is 0 Å². The number of nitrogens with zero attached hydrogens (tertiary/aromatic N) is 1. The van der Waals surface area contributed by atoms with Crippen LogP contribution in [0.1, 0.15) is 20.8 Å². The van der Waals surface area contributed by atoms with Crippen LogP contribution in [0.15, 0.2) is 0 Å². The molecule has 19 heavy (non-hydrogen) atoms. The lowest BCUT2D eigenvalue weighted by molar-refractivity contribution is -0.169. The molecule has 0 unspecified atom stereocenters. The number of amides is 2. The third kappa shape index (κ3) is 2.09. The van der Waals surface area contributed by atoms with E-state index in [-0.39, 0.29) is 11.3 Å². The Morgan fingerprint density at radius 3 is 2.63 bits per heavy atom. The minimum Gasteiger partial charge on any atom is -0.392 e. The fourth-order valence-corrected chi connectivity index (χ4v) is 4.05. The minimum atomic E-state index is -0.816. The maximum absolute atomic E-state index is 11.9. The molecule has 8 heteroatoms. The molecule has 7 nitrogen and oxygen atoms in total. The molecule has 0 bridgehead atoms. The van der Waals surface area contributed by atoms with E-state index in [9.17, 15) is 19.2 Å². The average molecular weight is 286 g/mol. The van der Waals surface area contributed by atoms with Crippen LogP contribution >= 0.6 is 11.8 Å². The van der Waals surface area contributed by atoms with Gasteiger partial charge in [0.05, 0.1) is 0 Å². The number of hydrogen-bond donors (Lipinski definition) is 1. The summed E-state index contributed by atoms with van der Waals surface area (Å²) in [5.74, 6) is -1.77. The zero-order valence-electron chi connectivity index (χ0n) is 10.7. The highest BCUT2D eigenvalue weighted by molar-refractivity contribution is 8.01. The standard InChI is InChI=1S/C11H14N2O5S/c1-5(15)18-10(17)7-11(2,3)19-9-6(12-4-14)8(16)13(7)9/h4,6-7,9H,1-3H3,(H,12,14)/t6-,7+,9-/m1/s1. The van der Waals surface area contributed by atoms with E-state index in [1.54, 1.807) is 13.8 Å². The summed E-state index contributed by atoms with van der Waals surface area (Å²) in [6.45, 7) is 4.74. The maximum atomic E-state index is 11.9. The molecule has 1 N–H and O–H groups in total. The Morgan fingerprint density at radius 2 is 2.11 bits per heavy atom. The molecular formula is C11H14N2O5S. The Hall–Kier alpha value is -1.57. The van der Waals surface area contributed by atoms with Crippen molar-refractivity contribution in [1.82, 2.24) is 10.2 Å². The molecule has 2 heterocycles. The van der Waals surface area contributed by atoms with Crippen molar-refractivity contribution in [3.63, 3.8) is 0 Å². The molecule has 0 aromatic carbocycles. The predicted octanol–water partition coefficient (Wildman–Crippen LogP) is -0.747. The van der Waals surface area contributed by atoms with Gasteiger partial charge in [0.25, 0.3) is 0 Å². The van der Waals surface area contributed by atoms with Gasteiger partial charge in [-0.15, -0.1) is 11.8 Å². The van der Waals surface area contributed by atoms with Crippen molar-refractivity contribution in [3.05, 3.63) is 0 Å². The lowest BCUT2D eigenvalue weighted by Crippen LogP contribution is -2.69. The van der Waals surface area contributed by atoms with E-state index in [1.165, 1.54) is 16.7 Å². The number of carbonyl (C=O) groups excluding carboxylic acids is 4. The number of hydrogen-bond acceptors (Lipinski definition) is 6. The molecule has 0 aliphatic carbocycles. The first-order valence-electron chi connectivity index (χ1n) is 5.71. The van der Waals surface area contributed by atoms with Gasteiger partial charge in [0.15, 0.2) is 0 Å². The summed E-state index contributed by atoms with van der Waals surface area (Å²) >= 11 is 1.40. The molecule has 0 radical (unpaired) electrons. The summed E-state index contributed by atoms with van der Waals surface area (Å²) in [6.07, 6.45) is 0.467. The van der Waals surface area contributed by atoms with Crippen molar-refractivity contribution < 1.29 is 23.9 Å². The molecule has 2 aliphatic rings. The van der Waals surface area contributed by atoms with Crippen LogP contribution in [0.5, 0.6) is 0 Å². The molecule has 0 saturated carbocycles. The van der Waals surface area contributed by atoms with Gasteiger partial charge in [0, 0.05) is 11.7 Å². The lowest BCUT2D eigenvalue weighted by Gasteiger charge is -2.43. The highest BCUT2D eigenvalue weighted by atomic mass is 32.2. The van der Waals surface area contributed by atoms with Crippen molar-refractivity contribution in [1.29, 1.82) is 0 Å².